The normalized spacial score (nSPS) is 27.3. The Labute approximate surface area is 111 Å². The highest BCUT2D eigenvalue weighted by Crippen LogP contribution is 2.37. The number of aliphatic carboxylic acids is 1. The second-order valence-corrected chi connectivity index (χ2v) is 6.09. The van der Waals surface area contributed by atoms with Gasteiger partial charge in [0, 0.05) is 12.6 Å². The van der Waals surface area contributed by atoms with Crippen LogP contribution in [0.2, 0.25) is 0 Å². The zero-order valence-electron chi connectivity index (χ0n) is 10.6. The summed E-state index contributed by atoms with van der Waals surface area (Å²) in [7, 11) is 0. The first-order valence-electron chi connectivity index (χ1n) is 6.40. The Kier molecular flexibility index (Phi) is 4.37. The van der Waals surface area contributed by atoms with Crippen LogP contribution in [0.25, 0.3) is 0 Å². The van der Waals surface area contributed by atoms with Crippen molar-refractivity contribution in [1.82, 2.24) is 10.2 Å². The van der Waals surface area contributed by atoms with Crippen molar-refractivity contribution in [2.24, 2.45) is 5.92 Å². The molecule has 2 aliphatic rings. The molecular formula is C12H20N2O3S. The summed E-state index contributed by atoms with van der Waals surface area (Å²) >= 11 is 1.59. The number of thioether (sulfide) groups is 1. The molecule has 2 rings (SSSR count). The van der Waals surface area contributed by atoms with Gasteiger partial charge in [0.1, 0.15) is 6.04 Å². The number of carbonyl (C=O) groups is 2. The van der Waals surface area contributed by atoms with Crippen LogP contribution < -0.4 is 5.32 Å². The van der Waals surface area contributed by atoms with Crippen LogP contribution in [-0.4, -0.2) is 52.6 Å². The van der Waals surface area contributed by atoms with Gasteiger partial charge in [-0.3, -0.25) is 0 Å². The quantitative estimate of drug-likeness (QED) is 0.793. The van der Waals surface area contributed by atoms with E-state index in [4.69, 9.17) is 5.11 Å². The van der Waals surface area contributed by atoms with E-state index in [2.05, 4.69) is 5.32 Å². The molecule has 0 radical (unpaired) electrons. The molecule has 5 nitrogen and oxygen atoms in total. The molecule has 2 unspecified atom stereocenters. The maximum Gasteiger partial charge on any atom is 0.326 e. The van der Waals surface area contributed by atoms with Gasteiger partial charge in [-0.15, -0.1) is 0 Å². The predicted octanol–water partition coefficient (Wildman–Crippen LogP) is 1.39. The van der Waals surface area contributed by atoms with Crippen molar-refractivity contribution in [2.75, 3.05) is 18.6 Å². The number of carboxylic acids is 1. The van der Waals surface area contributed by atoms with E-state index in [1.807, 2.05) is 11.2 Å². The Morgan fingerprint density at radius 2 is 2.28 bits per heavy atom. The van der Waals surface area contributed by atoms with E-state index in [-0.39, 0.29) is 6.03 Å². The van der Waals surface area contributed by atoms with Crippen molar-refractivity contribution in [3.8, 4) is 0 Å². The first kappa shape index (κ1) is 13.5. The monoisotopic (exact) mass is 272 g/mol. The van der Waals surface area contributed by atoms with E-state index in [1.54, 1.807) is 11.8 Å². The Morgan fingerprint density at radius 1 is 1.50 bits per heavy atom. The minimum absolute atomic E-state index is 0.198. The Bertz CT molecular complexity index is 337. The SMILES string of the molecule is CSCC[C@H](NC(=O)N1CC2CCC1C2)C(=O)O. The smallest absolute Gasteiger partial charge is 0.326 e. The average Bonchev–Trinajstić information content (AvgIpc) is 2.95. The van der Waals surface area contributed by atoms with Crippen LogP contribution in [-0.2, 0) is 4.79 Å². The average molecular weight is 272 g/mol. The third kappa shape index (κ3) is 2.91. The molecule has 1 heterocycles. The van der Waals surface area contributed by atoms with Gasteiger partial charge in [0.2, 0.25) is 0 Å². The minimum atomic E-state index is -0.943. The summed E-state index contributed by atoms with van der Waals surface area (Å²) in [4.78, 5) is 25.0. The summed E-state index contributed by atoms with van der Waals surface area (Å²) in [5.74, 6) is 0.431. The number of hydrogen-bond donors (Lipinski definition) is 2. The molecule has 2 N–H and O–H groups in total. The number of carbonyl (C=O) groups excluding carboxylic acids is 1. The summed E-state index contributed by atoms with van der Waals surface area (Å²) in [5.41, 5.74) is 0. The molecule has 0 aromatic heterocycles. The molecule has 1 aliphatic carbocycles. The molecule has 1 saturated heterocycles. The number of hydrogen-bond acceptors (Lipinski definition) is 3. The van der Waals surface area contributed by atoms with Gasteiger partial charge in [-0.25, -0.2) is 9.59 Å². The summed E-state index contributed by atoms with van der Waals surface area (Å²) in [6.07, 6.45) is 5.78. The molecule has 3 atom stereocenters. The topological polar surface area (TPSA) is 69.6 Å². The molecule has 0 aromatic rings. The maximum absolute atomic E-state index is 12.1. The highest BCUT2D eigenvalue weighted by molar-refractivity contribution is 7.98. The number of carboxylic acid groups (broad SMARTS) is 1. The second kappa shape index (κ2) is 5.82. The standard InChI is InChI=1S/C12H20N2O3S/c1-18-5-4-10(11(15)16)13-12(17)14-7-8-2-3-9(14)6-8/h8-10H,2-7H2,1H3,(H,13,17)(H,15,16)/t8?,9?,10-/m0/s1. The summed E-state index contributed by atoms with van der Waals surface area (Å²) in [6, 6.07) is -0.621. The van der Waals surface area contributed by atoms with Crippen LogP contribution in [0.1, 0.15) is 25.7 Å². The van der Waals surface area contributed by atoms with Crippen LogP contribution in [0.5, 0.6) is 0 Å². The van der Waals surface area contributed by atoms with E-state index < -0.39 is 12.0 Å². The zero-order valence-corrected chi connectivity index (χ0v) is 11.4. The van der Waals surface area contributed by atoms with Crippen molar-refractivity contribution in [3.63, 3.8) is 0 Å². The fourth-order valence-electron chi connectivity index (χ4n) is 2.90. The van der Waals surface area contributed by atoms with Gasteiger partial charge in [-0.2, -0.15) is 11.8 Å². The number of nitrogens with one attached hydrogen (secondary N) is 1. The summed E-state index contributed by atoms with van der Waals surface area (Å²) in [6.45, 7) is 0.797. The minimum Gasteiger partial charge on any atom is -0.480 e. The van der Waals surface area contributed by atoms with Crippen molar-refractivity contribution in [2.45, 2.75) is 37.8 Å². The lowest BCUT2D eigenvalue weighted by molar-refractivity contribution is -0.139. The van der Waals surface area contributed by atoms with Crippen molar-refractivity contribution in [3.05, 3.63) is 0 Å². The van der Waals surface area contributed by atoms with Gasteiger partial charge in [-0.1, -0.05) is 0 Å². The van der Waals surface area contributed by atoms with Gasteiger partial charge in [-0.05, 0) is 43.6 Å². The molecule has 18 heavy (non-hydrogen) atoms. The van der Waals surface area contributed by atoms with Gasteiger partial charge in [0.15, 0.2) is 0 Å². The van der Waals surface area contributed by atoms with Gasteiger partial charge < -0.3 is 15.3 Å². The molecule has 0 spiro atoms. The first-order chi connectivity index (χ1) is 8.61. The highest BCUT2D eigenvalue weighted by atomic mass is 32.2. The second-order valence-electron chi connectivity index (χ2n) is 5.11. The number of piperidine rings is 1. The number of rotatable bonds is 5. The molecule has 1 saturated carbocycles. The number of amides is 2. The number of likely N-dealkylation sites (tertiary alicyclic amines) is 1. The van der Waals surface area contributed by atoms with Gasteiger partial charge in [0.25, 0.3) is 0 Å². The van der Waals surface area contributed by atoms with Gasteiger partial charge >= 0.3 is 12.0 Å². The van der Waals surface area contributed by atoms with Crippen molar-refractivity contribution < 1.29 is 14.7 Å². The fraction of sp³-hybridized carbons (Fsp3) is 0.833. The number of urea groups is 1. The maximum atomic E-state index is 12.1. The van der Waals surface area contributed by atoms with Crippen molar-refractivity contribution in [1.29, 1.82) is 0 Å². The summed E-state index contributed by atoms with van der Waals surface area (Å²) in [5, 5.41) is 11.7. The van der Waals surface area contributed by atoms with E-state index in [0.29, 0.717) is 18.4 Å². The molecular weight excluding hydrogens is 252 g/mol. The summed E-state index contributed by atoms with van der Waals surface area (Å²) < 4.78 is 0. The van der Waals surface area contributed by atoms with Crippen molar-refractivity contribution >= 4 is 23.8 Å². The predicted molar refractivity (Wildman–Crippen MR) is 70.8 cm³/mol. The largest absolute Gasteiger partial charge is 0.480 e. The molecule has 6 heteroatoms. The lowest BCUT2D eigenvalue weighted by Crippen LogP contribution is -2.50. The lowest BCUT2D eigenvalue weighted by atomic mass is 10.1. The van der Waals surface area contributed by atoms with Crippen LogP contribution in [0.4, 0.5) is 4.79 Å². The molecule has 2 bridgehead atoms. The molecule has 0 aromatic carbocycles. The fourth-order valence-corrected chi connectivity index (χ4v) is 3.37. The zero-order chi connectivity index (χ0) is 13.1. The lowest BCUT2D eigenvalue weighted by Gasteiger charge is -2.28. The Balaban J connectivity index is 1.86. The highest BCUT2D eigenvalue weighted by Gasteiger charge is 2.40. The Morgan fingerprint density at radius 3 is 2.78 bits per heavy atom. The van der Waals surface area contributed by atoms with Gasteiger partial charge in [0.05, 0.1) is 0 Å². The van der Waals surface area contributed by atoms with Crippen LogP contribution >= 0.6 is 11.8 Å². The van der Waals surface area contributed by atoms with Crippen LogP contribution in [0.15, 0.2) is 0 Å². The van der Waals surface area contributed by atoms with E-state index in [0.717, 1.165) is 25.1 Å². The van der Waals surface area contributed by atoms with E-state index in [1.165, 1.54) is 6.42 Å². The Hall–Kier alpha value is -0.910. The molecule has 2 amide bonds. The number of fused-ring (bicyclic) bond motifs is 2. The first-order valence-corrected chi connectivity index (χ1v) is 7.80. The molecule has 2 fully saturated rings. The third-order valence-electron chi connectivity index (χ3n) is 3.88. The number of nitrogens with zero attached hydrogens (tertiary/aromatic N) is 1. The molecule has 1 aliphatic heterocycles. The third-order valence-corrected chi connectivity index (χ3v) is 4.52. The van der Waals surface area contributed by atoms with E-state index in [9.17, 15) is 9.59 Å². The molecule has 102 valence electrons. The van der Waals surface area contributed by atoms with Crippen LogP contribution in [0, 0.1) is 5.92 Å². The van der Waals surface area contributed by atoms with E-state index >= 15 is 0 Å². The van der Waals surface area contributed by atoms with Crippen LogP contribution in [0.3, 0.4) is 0 Å².